The predicted molar refractivity (Wildman–Crippen MR) is 126 cm³/mol. The molecule has 0 bridgehead atoms. The number of piperidine rings is 1. The minimum absolute atomic E-state index is 0. The Balaban J connectivity index is 0.00000218. The molecule has 3 N–H and O–H groups in total. The monoisotopic (exact) mass is 440 g/mol. The number of halogens is 1. The second kappa shape index (κ2) is 8.38. The first-order valence-electron chi connectivity index (χ1n) is 10.1. The van der Waals surface area contributed by atoms with Crippen molar-refractivity contribution < 1.29 is 4.79 Å². The molecular weight excluding hydrogens is 416 g/mol. The lowest BCUT2D eigenvalue weighted by Crippen LogP contribution is -2.28. The third-order valence-electron chi connectivity index (χ3n) is 5.74. The van der Waals surface area contributed by atoms with Crippen LogP contribution in [0.25, 0.3) is 22.9 Å². The molecule has 2 aromatic heterocycles. The van der Waals surface area contributed by atoms with Crippen LogP contribution in [0.15, 0.2) is 29.6 Å². The van der Waals surface area contributed by atoms with E-state index in [-0.39, 0.29) is 18.3 Å². The van der Waals surface area contributed by atoms with Crippen molar-refractivity contribution >= 4 is 47.0 Å². The van der Waals surface area contributed by atoms with Crippen molar-refractivity contribution in [1.82, 2.24) is 15.3 Å². The summed E-state index contributed by atoms with van der Waals surface area (Å²) in [6, 6.07) is 8.21. The molecule has 1 saturated heterocycles. The lowest BCUT2D eigenvalue weighted by Gasteiger charge is -2.20. The molecule has 0 radical (unpaired) electrons. The zero-order valence-electron chi connectivity index (χ0n) is 17.0. The Bertz CT molecular complexity index is 1120. The number of nitrogens with zero attached hydrogens (tertiary/aromatic N) is 1. The first-order chi connectivity index (χ1) is 14.1. The van der Waals surface area contributed by atoms with Crippen LogP contribution in [0, 0.1) is 13.8 Å². The second-order valence-corrected chi connectivity index (χ2v) is 8.83. The number of aromatic amines is 1. The summed E-state index contributed by atoms with van der Waals surface area (Å²) < 4.78 is 0. The van der Waals surface area contributed by atoms with E-state index in [0.717, 1.165) is 52.5 Å². The molecule has 1 atom stereocenters. The average Bonchev–Trinajstić information content (AvgIpc) is 3.41. The second-order valence-electron chi connectivity index (χ2n) is 7.94. The number of fused-ring (bicyclic) bond motifs is 1. The molecule has 30 heavy (non-hydrogen) atoms. The minimum atomic E-state index is -0.0592. The summed E-state index contributed by atoms with van der Waals surface area (Å²) in [5, 5.41) is 9.79. The topological polar surface area (TPSA) is 69.8 Å². The van der Waals surface area contributed by atoms with Crippen LogP contribution in [-0.4, -0.2) is 29.0 Å². The summed E-state index contributed by atoms with van der Waals surface area (Å²) in [7, 11) is 0. The molecule has 7 heteroatoms. The van der Waals surface area contributed by atoms with Crippen LogP contribution >= 0.6 is 23.7 Å². The van der Waals surface area contributed by atoms with Crippen molar-refractivity contribution in [2.45, 2.75) is 32.6 Å². The summed E-state index contributed by atoms with van der Waals surface area (Å²) in [6.45, 7) is 6.20. The smallest absolute Gasteiger partial charge is 0.256 e. The Kier molecular flexibility index (Phi) is 5.82. The Morgan fingerprint density at radius 3 is 2.83 bits per heavy atom. The van der Waals surface area contributed by atoms with Gasteiger partial charge in [0, 0.05) is 46.0 Å². The van der Waals surface area contributed by atoms with Crippen LogP contribution in [0.2, 0.25) is 0 Å². The van der Waals surface area contributed by atoms with Crippen molar-refractivity contribution in [3.05, 3.63) is 57.2 Å². The zero-order chi connectivity index (χ0) is 20.0. The molecular formula is C23H25ClN4OS. The van der Waals surface area contributed by atoms with Gasteiger partial charge in [0.2, 0.25) is 0 Å². The number of benzene rings is 1. The Morgan fingerprint density at radius 1 is 1.23 bits per heavy atom. The number of hydrogen-bond acceptors (Lipinski definition) is 4. The van der Waals surface area contributed by atoms with Crippen molar-refractivity contribution in [2.75, 3.05) is 18.4 Å². The van der Waals surface area contributed by atoms with E-state index in [1.807, 2.05) is 25.1 Å². The Hall–Kier alpha value is -2.41. The molecule has 3 aromatic rings. The van der Waals surface area contributed by atoms with Gasteiger partial charge in [-0.1, -0.05) is 6.07 Å². The van der Waals surface area contributed by atoms with Gasteiger partial charge < -0.3 is 15.6 Å². The van der Waals surface area contributed by atoms with E-state index in [2.05, 4.69) is 40.1 Å². The van der Waals surface area contributed by atoms with E-state index in [0.29, 0.717) is 11.5 Å². The summed E-state index contributed by atoms with van der Waals surface area (Å²) in [5.41, 5.74) is 7.74. The number of hydrogen-bond donors (Lipinski definition) is 3. The van der Waals surface area contributed by atoms with Gasteiger partial charge in [0.05, 0.1) is 16.3 Å². The maximum atomic E-state index is 12.6. The van der Waals surface area contributed by atoms with Crippen LogP contribution in [0.4, 0.5) is 5.69 Å². The van der Waals surface area contributed by atoms with Gasteiger partial charge in [0.25, 0.3) is 5.91 Å². The summed E-state index contributed by atoms with van der Waals surface area (Å²) in [6.07, 6.45) is 4.36. The van der Waals surface area contributed by atoms with Crippen molar-refractivity contribution in [3.63, 3.8) is 0 Å². The van der Waals surface area contributed by atoms with Gasteiger partial charge in [-0.25, -0.2) is 4.98 Å². The first-order valence-corrected chi connectivity index (χ1v) is 11.0. The van der Waals surface area contributed by atoms with Gasteiger partial charge >= 0.3 is 0 Å². The van der Waals surface area contributed by atoms with Gasteiger partial charge in [0.15, 0.2) is 0 Å². The fourth-order valence-corrected chi connectivity index (χ4v) is 5.17. The SMILES string of the molecule is Cc1cc(C)c(/C=C2\C(=O)Nc3ccc(-c4csc(C5CCCNC5)n4)cc32)[nH]1.Cl. The first kappa shape index (κ1) is 20.8. The molecule has 2 aliphatic heterocycles. The number of carbonyl (C=O) groups is 1. The van der Waals surface area contributed by atoms with Crippen LogP contribution in [0.5, 0.6) is 0 Å². The maximum absolute atomic E-state index is 12.6. The lowest BCUT2D eigenvalue weighted by atomic mass is 10.00. The minimum Gasteiger partial charge on any atom is -0.359 e. The van der Waals surface area contributed by atoms with Gasteiger partial charge in [-0.05, 0) is 63.1 Å². The van der Waals surface area contributed by atoms with E-state index >= 15 is 0 Å². The zero-order valence-corrected chi connectivity index (χ0v) is 18.7. The highest BCUT2D eigenvalue weighted by molar-refractivity contribution is 7.10. The quantitative estimate of drug-likeness (QED) is 0.494. The number of thiazole rings is 1. The third kappa shape index (κ3) is 3.83. The predicted octanol–water partition coefficient (Wildman–Crippen LogP) is 5.14. The molecule has 4 heterocycles. The van der Waals surface area contributed by atoms with Crippen molar-refractivity contribution in [2.24, 2.45) is 0 Å². The molecule has 0 spiro atoms. The van der Waals surface area contributed by atoms with E-state index < -0.39 is 0 Å². The number of aryl methyl sites for hydroxylation is 2. The number of carbonyl (C=O) groups excluding carboxylic acids is 1. The van der Waals surface area contributed by atoms with Crippen molar-refractivity contribution in [1.29, 1.82) is 0 Å². The van der Waals surface area contributed by atoms with Gasteiger partial charge in [-0.3, -0.25) is 4.79 Å². The molecule has 5 nitrogen and oxygen atoms in total. The van der Waals surface area contributed by atoms with Gasteiger partial charge in [0.1, 0.15) is 0 Å². The van der Waals surface area contributed by atoms with Crippen LogP contribution in [0.1, 0.15) is 46.3 Å². The number of nitrogens with one attached hydrogen (secondary N) is 3. The third-order valence-corrected chi connectivity index (χ3v) is 6.75. The highest BCUT2D eigenvalue weighted by Crippen LogP contribution is 2.37. The van der Waals surface area contributed by atoms with Crippen LogP contribution < -0.4 is 10.6 Å². The number of rotatable bonds is 3. The number of H-pyrrole nitrogens is 1. The molecule has 1 fully saturated rings. The highest BCUT2D eigenvalue weighted by atomic mass is 35.5. The molecule has 0 saturated carbocycles. The molecule has 5 rings (SSSR count). The van der Waals surface area contributed by atoms with E-state index in [1.165, 1.54) is 17.8 Å². The number of anilines is 1. The number of amides is 1. The van der Waals surface area contributed by atoms with Gasteiger partial charge in [-0.15, -0.1) is 23.7 Å². The Labute approximate surface area is 186 Å². The Morgan fingerprint density at radius 2 is 2.10 bits per heavy atom. The van der Waals surface area contributed by atoms with E-state index in [9.17, 15) is 4.79 Å². The molecule has 156 valence electrons. The van der Waals surface area contributed by atoms with E-state index in [1.54, 1.807) is 11.3 Å². The summed E-state index contributed by atoms with van der Waals surface area (Å²) in [4.78, 5) is 20.9. The van der Waals surface area contributed by atoms with E-state index in [4.69, 9.17) is 4.98 Å². The molecule has 1 unspecified atom stereocenters. The van der Waals surface area contributed by atoms with Crippen LogP contribution in [0.3, 0.4) is 0 Å². The summed E-state index contributed by atoms with van der Waals surface area (Å²) in [5.74, 6) is 0.450. The molecule has 1 amide bonds. The number of aromatic nitrogens is 2. The average molecular weight is 441 g/mol. The molecule has 1 aromatic carbocycles. The van der Waals surface area contributed by atoms with Gasteiger partial charge in [-0.2, -0.15) is 0 Å². The fraction of sp³-hybridized carbons (Fsp3) is 0.304. The normalized spacial score (nSPS) is 19.5. The molecule has 2 aliphatic rings. The largest absolute Gasteiger partial charge is 0.359 e. The summed E-state index contributed by atoms with van der Waals surface area (Å²) >= 11 is 1.74. The lowest BCUT2D eigenvalue weighted by molar-refractivity contribution is -0.110. The van der Waals surface area contributed by atoms with Crippen molar-refractivity contribution in [3.8, 4) is 11.3 Å². The fourth-order valence-electron chi connectivity index (χ4n) is 4.20. The van der Waals surface area contributed by atoms with Crippen LogP contribution in [-0.2, 0) is 4.79 Å². The molecule has 0 aliphatic carbocycles. The highest BCUT2D eigenvalue weighted by Gasteiger charge is 2.26. The standard InChI is InChI=1S/C23H24N4OS.ClH/c1-13-8-14(2)25-20(13)10-18-17-9-15(5-6-19(17)26-22(18)28)21-12-29-23(27-21)16-4-3-7-24-11-16;/h5-6,8-10,12,16,24-25H,3-4,7,11H2,1-2H3,(H,26,28);1H/b18-10-;. The maximum Gasteiger partial charge on any atom is 0.256 e.